The molecule has 2 aromatic carbocycles. The van der Waals surface area contributed by atoms with Crippen molar-refractivity contribution >= 4 is 29.7 Å². The molecule has 1 aliphatic carbocycles. The molecule has 0 heterocycles. The lowest BCUT2D eigenvalue weighted by Gasteiger charge is -2.17. The van der Waals surface area contributed by atoms with Crippen LogP contribution in [0.3, 0.4) is 0 Å². The molecule has 1 amide bonds. The van der Waals surface area contributed by atoms with Gasteiger partial charge in [-0.2, -0.15) is 0 Å². The van der Waals surface area contributed by atoms with Crippen molar-refractivity contribution in [1.82, 2.24) is 5.32 Å². The highest BCUT2D eigenvalue weighted by molar-refractivity contribution is 6.33. The smallest absolute Gasteiger partial charge is 0.407 e. The number of carboxylic acids is 1. The van der Waals surface area contributed by atoms with E-state index in [1.807, 2.05) is 60.7 Å². The minimum absolute atomic E-state index is 0.0514. The number of benzene rings is 2. The number of amides is 1. The number of rotatable bonds is 6. The van der Waals surface area contributed by atoms with Gasteiger partial charge >= 0.3 is 12.1 Å². The van der Waals surface area contributed by atoms with Gasteiger partial charge in [0.15, 0.2) is 0 Å². The topological polar surface area (TPSA) is 75.6 Å². The number of hydrogen-bond donors (Lipinski definition) is 2. The molecular weight excluding hydrogens is 354 g/mol. The zero-order valence-corrected chi connectivity index (χ0v) is 14.6. The van der Waals surface area contributed by atoms with Crippen LogP contribution in [0.5, 0.6) is 0 Å². The molecule has 2 aromatic rings. The van der Waals surface area contributed by atoms with Crippen LogP contribution < -0.4 is 5.32 Å². The van der Waals surface area contributed by atoms with Crippen molar-refractivity contribution in [2.45, 2.75) is 18.4 Å². The molecule has 134 valence electrons. The summed E-state index contributed by atoms with van der Waals surface area (Å²) in [7, 11) is 0. The first kappa shape index (κ1) is 18.0. The van der Waals surface area contributed by atoms with Crippen molar-refractivity contribution in [3.05, 3.63) is 76.3 Å². The molecule has 1 aliphatic rings. The number of carbonyl (C=O) groups excluding carboxylic acids is 1. The Labute approximate surface area is 156 Å². The molecule has 2 atom stereocenters. The van der Waals surface area contributed by atoms with Crippen molar-refractivity contribution in [3.63, 3.8) is 0 Å². The first-order valence-corrected chi connectivity index (χ1v) is 8.58. The third-order valence-corrected chi connectivity index (χ3v) is 4.62. The highest BCUT2D eigenvalue weighted by atomic mass is 35.5. The van der Waals surface area contributed by atoms with Gasteiger partial charge in [0.1, 0.15) is 12.6 Å². The summed E-state index contributed by atoms with van der Waals surface area (Å²) in [6, 6.07) is 15.7. The van der Waals surface area contributed by atoms with Crippen molar-refractivity contribution in [1.29, 1.82) is 0 Å². The van der Waals surface area contributed by atoms with Crippen LogP contribution in [0.2, 0.25) is 0 Å². The Balaban J connectivity index is 1.58. The molecule has 0 fully saturated rings. The summed E-state index contributed by atoms with van der Waals surface area (Å²) in [4.78, 5) is 23.5. The lowest BCUT2D eigenvalue weighted by Crippen LogP contribution is -2.42. The fourth-order valence-electron chi connectivity index (χ4n) is 2.92. The standard InChI is InChI=1S/C20H18ClNO4/c21-17-11-14-8-4-5-9-15(14)16(17)12-26-20(25)22-18(19(23)24)10-13-6-2-1-3-7-13/h1-9,11,16,18H,10,12H2,(H,22,25)(H,23,24). The highest BCUT2D eigenvalue weighted by Crippen LogP contribution is 2.38. The molecule has 0 radical (unpaired) electrons. The average Bonchev–Trinajstić information content (AvgIpc) is 2.95. The average molecular weight is 372 g/mol. The van der Waals surface area contributed by atoms with Crippen LogP contribution in [-0.4, -0.2) is 29.8 Å². The van der Waals surface area contributed by atoms with Gasteiger partial charge in [0.05, 0.1) is 5.92 Å². The van der Waals surface area contributed by atoms with Crippen molar-refractivity contribution < 1.29 is 19.4 Å². The number of ether oxygens (including phenoxy) is 1. The van der Waals surface area contributed by atoms with E-state index in [2.05, 4.69) is 5.32 Å². The maximum absolute atomic E-state index is 12.1. The first-order valence-electron chi connectivity index (χ1n) is 8.20. The van der Waals surface area contributed by atoms with E-state index in [4.69, 9.17) is 16.3 Å². The van der Waals surface area contributed by atoms with Crippen LogP contribution in [0.1, 0.15) is 22.6 Å². The van der Waals surface area contributed by atoms with Gasteiger partial charge < -0.3 is 15.2 Å². The Morgan fingerprint density at radius 2 is 1.81 bits per heavy atom. The number of carbonyl (C=O) groups is 2. The van der Waals surface area contributed by atoms with E-state index in [1.54, 1.807) is 0 Å². The van der Waals surface area contributed by atoms with Gasteiger partial charge in [-0.1, -0.05) is 66.2 Å². The number of aliphatic carboxylic acids is 1. The molecule has 2 unspecified atom stereocenters. The lowest BCUT2D eigenvalue weighted by atomic mass is 10.0. The van der Waals surface area contributed by atoms with Gasteiger partial charge in [-0.25, -0.2) is 9.59 Å². The van der Waals surface area contributed by atoms with E-state index >= 15 is 0 Å². The fourth-order valence-corrected chi connectivity index (χ4v) is 3.22. The van der Waals surface area contributed by atoms with Gasteiger partial charge in [-0.15, -0.1) is 0 Å². The second-order valence-corrected chi connectivity index (χ2v) is 6.47. The molecule has 0 aromatic heterocycles. The Hall–Kier alpha value is -2.79. The molecule has 6 heteroatoms. The summed E-state index contributed by atoms with van der Waals surface area (Å²) < 4.78 is 5.23. The van der Waals surface area contributed by atoms with E-state index < -0.39 is 18.1 Å². The van der Waals surface area contributed by atoms with Gasteiger partial charge in [-0.05, 0) is 22.8 Å². The number of halogens is 1. The largest absolute Gasteiger partial charge is 0.480 e. The maximum Gasteiger partial charge on any atom is 0.407 e. The Bertz CT molecular complexity index is 835. The molecule has 2 N–H and O–H groups in total. The molecular formula is C20H18ClNO4. The SMILES string of the molecule is O=C(NC(Cc1ccccc1)C(=O)O)OCC1C(Cl)=Cc2ccccc21. The van der Waals surface area contributed by atoms with Gasteiger partial charge in [0.25, 0.3) is 0 Å². The summed E-state index contributed by atoms with van der Waals surface area (Å²) in [6.45, 7) is 0.0514. The minimum Gasteiger partial charge on any atom is -0.480 e. The van der Waals surface area contributed by atoms with Crippen molar-refractivity contribution in [3.8, 4) is 0 Å². The molecule has 0 saturated carbocycles. The number of nitrogens with one attached hydrogen (secondary N) is 1. The summed E-state index contributed by atoms with van der Waals surface area (Å²) in [5, 5.41) is 12.3. The normalized spacial score (nSPS) is 16.3. The van der Waals surface area contributed by atoms with E-state index in [0.717, 1.165) is 16.7 Å². The predicted octanol–water partition coefficient (Wildman–Crippen LogP) is 3.79. The molecule has 5 nitrogen and oxygen atoms in total. The van der Waals surface area contributed by atoms with Crippen LogP contribution in [0.25, 0.3) is 6.08 Å². The summed E-state index contributed by atoms with van der Waals surface area (Å²) in [6.07, 6.45) is 1.25. The van der Waals surface area contributed by atoms with E-state index in [9.17, 15) is 14.7 Å². The molecule has 0 spiro atoms. The molecule has 0 saturated heterocycles. The van der Waals surface area contributed by atoms with Crippen LogP contribution >= 0.6 is 11.6 Å². The molecule has 26 heavy (non-hydrogen) atoms. The first-order chi connectivity index (χ1) is 12.5. The summed E-state index contributed by atoms with van der Waals surface area (Å²) in [5.41, 5.74) is 2.80. The molecule has 3 rings (SSSR count). The van der Waals surface area contributed by atoms with Crippen LogP contribution in [-0.2, 0) is 16.0 Å². The number of alkyl carbamates (subject to hydrolysis) is 1. The Kier molecular flexibility index (Phi) is 5.58. The van der Waals surface area contributed by atoms with E-state index in [-0.39, 0.29) is 18.9 Å². The highest BCUT2D eigenvalue weighted by Gasteiger charge is 2.26. The minimum atomic E-state index is -1.12. The number of carboxylic acid groups (broad SMARTS) is 1. The number of fused-ring (bicyclic) bond motifs is 1. The Morgan fingerprint density at radius 1 is 1.12 bits per heavy atom. The van der Waals surface area contributed by atoms with Gasteiger partial charge in [0, 0.05) is 11.5 Å². The third kappa shape index (κ3) is 4.24. The van der Waals surface area contributed by atoms with Gasteiger partial charge in [-0.3, -0.25) is 0 Å². The van der Waals surface area contributed by atoms with E-state index in [1.165, 1.54) is 0 Å². The van der Waals surface area contributed by atoms with Crippen LogP contribution in [0, 0.1) is 0 Å². The van der Waals surface area contributed by atoms with Crippen LogP contribution in [0.15, 0.2) is 59.6 Å². The maximum atomic E-state index is 12.1. The second-order valence-electron chi connectivity index (χ2n) is 6.03. The lowest BCUT2D eigenvalue weighted by molar-refractivity contribution is -0.139. The van der Waals surface area contributed by atoms with Gasteiger partial charge in [0.2, 0.25) is 0 Å². The predicted molar refractivity (Wildman–Crippen MR) is 99.1 cm³/mol. The summed E-state index contributed by atoms with van der Waals surface area (Å²) >= 11 is 6.25. The summed E-state index contributed by atoms with van der Waals surface area (Å²) in [5.74, 6) is -1.34. The van der Waals surface area contributed by atoms with Crippen LogP contribution in [0.4, 0.5) is 4.79 Å². The fraction of sp³-hybridized carbons (Fsp3) is 0.200. The van der Waals surface area contributed by atoms with Crippen molar-refractivity contribution in [2.24, 2.45) is 0 Å². The number of hydrogen-bond acceptors (Lipinski definition) is 3. The zero-order chi connectivity index (χ0) is 18.5. The Morgan fingerprint density at radius 3 is 2.54 bits per heavy atom. The second kappa shape index (κ2) is 8.06. The van der Waals surface area contributed by atoms with Crippen molar-refractivity contribution in [2.75, 3.05) is 6.61 Å². The zero-order valence-electron chi connectivity index (χ0n) is 13.9. The quantitative estimate of drug-likeness (QED) is 0.810. The third-order valence-electron chi connectivity index (χ3n) is 4.25. The molecule has 0 bridgehead atoms. The monoisotopic (exact) mass is 371 g/mol. The molecule has 0 aliphatic heterocycles. The van der Waals surface area contributed by atoms with E-state index in [0.29, 0.717) is 5.03 Å².